The van der Waals surface area contributed by atoms with Gasteiger partial charge in [0.1, 0.15) is 17.8 Å². The van der Waals surface area contributed by atoms with Gasteiger partial charge in [0.25, 0.3) is 0 Å². The lowest BCUT2D eigenvalue weighted by Crippen LogP contribution is -2.56. The van der Waals surface area contributed by atoms with E-state index in [4.69, 9.17) is 5.73 Å². The lowest BCUT2D eigenvalue weighted by atomic mass is 10.0. The minimum Gasteiger partial charge on any atom is -0.508 e. The van der Waals surface area contributed by atoms with Crippen molar-refractivity contribution in [2.75, 3.05) is 13.1 Å². The summed E-state index contributed by atoms with van der Waals surface area (Å²) in [7, 11) is 0. The summed E-state index contributed by atoms with van der Waals surface area (Å²) in [4.78, 5) is 63.8. The number of nitrogens with two attached hydrogens (primary N) is 1. The quantitative estimate of drug-likeness (QED) is 0.144. The van der Waals surface area contributed by atoms with Crippen LogP contribution in [0, 0.1) is 5.92 Å². The van der Waals surface area contributed by atoms with Crippen molar-refractivity contribution in [3.8, 4) is 5.75 Å². The molecule has 2 aromatic rings. The highest BCUT2D eigenvalue weighted by Crippen LogP contribution is 2.11. The van der Waals surface area contributed by atoms with Gasteiger partial charge >= 0.3 is 0 Å². The highest BCUT2D eigenvalue weighted by molar-refractivity contribution is 6.01. The van der Waals surface area contributed by atoms with Crippen LogP contribution >= 0.6 is 0 Å². The summed E-state index contributed by atoms with van der Waals surface area (Å²) >= 11 is 0. The Balaban J connectivity index is 1.95. The Kier molecular flexibility index (Phi) is 14.3. The monoisotopic (exact) mass is 596 g/mol. The number of hydrogen-bond donors (Lipinski definition) is 7. The van der Waals surface area contributed by atoms with Crippen LogP contribution in [0.4, 0.5) is 0 Å². The molecular weight excluding hydrogens is 552 g/mol. The van der Waals surface area contributed by atoms with E-state index in [1.165, 1.54) is 19.1 Å². The predicted octanol–water partition coefficient (Wildman–Crippen LogP) is 0.277. The maximum absolute atomic E-state index is 13.1. The third-order valence-electron chi connectivity index (χ3n) is 6.56. The van der Waals surface area contributed by atoms with Gasteiger partial charge in [-0.3, -0.25) is 29.3 Å². The molecule has 234 valence electrons. The number of phenolic OH excluding ortho intramolecular Hbond substituents is 1. The summed E-state index contributed by atoms with van der Waals surface area (Å²) in [5, 5.41) is 22.5. The third-order valence-corrected chi connectivity index (χ3v) is 6.56. The van der Waals surface area contributed by atoms with Crippen molar-refractivity contribution in [3.63, 3.8) is 0 Å². The second-order valence-electron chi connectivity index (χ2n) is 10.8. The van der Waals surface area contributed by atoms with Crippen LogP contribution in [0.3, 0.4) is 0 Å². The van der Waals surface area contributed by atoms with E-state index in [0.717, 1.165) is 11.1 Å². The van der Waals surface area contributed by atoms with Crippen LogP contribution in [-0.4, -0.2) is 71.9 Å². The van der Waals surface area contributed by atoms with Gasteiger partial charge in [-0.15, -0.1) is 0 Å². The fraction of sp³-hybridized carbons (Fsp3) is 0.452. The summed E-state index contributed by atoms with van der Waals surface area (Å²) in [6, 6.07) is 11.7. The molecule has 12 nitrogen and oxygen atoms in total. The second-order valence-corrected chi connectivity index (χ2v) is 10.8. The van der Waals surface area contributed by atoms with E-state index < -0.39 is 60.2 Å². The molecule has 0 aliphatic heterocycles. The fourth-order valence-electron chi connectivity index (χ4n) is 4.29. The van der Waals surface area contributed by atoms with Crippen molar-refractivity contribution >= 4 is 29.5 Å². The predicted molar refractivity (Wildman–Crippen MR) is 163 cm³/mol. The lowest BCUT2D eigenvalue weighted by Gasteiger charge is -2.22. The van der Waals surface area contributed by atoms with E-state index in [9.17, 15) is 29.1 Å². The maximum atomic E-state index is 13.1. The Morgan fingerprint density at radius 1 is 0.767 bits per heavy atom. The number of rotatable bonds is 16. The zero-order valence-electron chi connectivity index (χ0n) is 25.2. The number of benzene rings is 2. The van der Waals surface area contributed by atoms with Crippen LogP contribution in [0.15, 0.2) is 54.6 Å². The van der Waals surface area contributed by atoms with Gasteiger partial charge < -0.3 is 32.1 Å². The van der Waals surface area contributed by atoms with E-state index in [1.807, 2.05) is 26.8 Å². The van der Waals surface area contributed by atoms with E-state index in [0.29, 0.717) is 13.0 Å². The van der Waals surface area contributed by atoms with Crippen LogP contribution in [0.1, 0.15) is 45.2 Å². The average Bonchev–Trinajstić information content (AvgIpc) is 2.96. The Labute approximate surface area is 252 Å². The van der Waals surface area contributed by atoms with Crippen LogP contribution in [0.25, 0.3) is 0 Å². The summed E-state index contributed by atoms with van der Waals surface area (Å²) < 4.78 is 0. The van der Waals surface area contributed by atoms with E-state index in [2.05, 4.69) is 26.6 Å². The van der Waals surface area contributed by atoms with E-state index in [1.54, 1.807) is 36.4 Å². The van der Waals surface area contributed by atoms with Gasteiger partial charge in [-0.25, -0.2) is 0 Å². The standard InChI is InChI=1S/C31H44N6O6/c1-5-33-25(15-19(2)3)30(42)37-31(43)26(17-21-9-7-6-8-10-21)36-27(39)18-34-28(40)20(4)35-29(41)24(32)16-22-11-13-23(38)14-12-22/h6-14,19-20,24-26,33,38H,5,15-18,32H2,1-4H3,(H,34,40)(H,35,41)(H,36,39)(H,37,42,43)/t20-,24+,25-,26+/m1/s1. The third kappa shape index (κ3) is 12.6. The number of nitrogens with one attached hydrogen (secondary N) is 5. The number of carbonyl (C=O) groups is 5. The van der Waals surface area contributed by atoms with Gasteiger partial charge in [-0.05, 0) is 55.5 Å². The Morgan fingerprint density at radius 2 is 1.37 bits per heavy atom. The molecule has 0 bridgehead atoms. The molecule has 4 atom stereocenters. The number of amides is 5. The summed E-state index contributed by atoms with van der Waals surface area (Å²) in [5.41, 5.74) is 7.47. The first kappa shape index (κ1) is 34.9. The Morgan fingerprint density at radius 3 is 1.98 bits per heavy atom. The van der Waals surface area contributed by atoms with Crippen molar-refractivity contribution < 1.29 is 29.1 Å². The molecule has 43 heavy (non-hydrogen) atoms. The number of carbonyl (C=O) groups excluding carboxylic acids is 5. The molecule has 0 heterocycles. The van der Waals surface area contributed by atoms with Crippen LogP contribution < -0.4 is 32.3 Å². The topological polar surface area (TPSA) is 192 Å². The van der Waals surface area contributed by atoms with Crippen molar-refractivity contribution in [3.05, 3.63) is 65.7 Å². The molecule has 0 aromatic heterocycles. The molecule has 0 aliphatic rings. The summed E-state index contributed by atoms with van der Waals surface area (Å²) in [5.74, 6) is -2.66. The molecule has 0 spiro atoms. The van der Waals surface area contributed by atoms with E-state index in [-0.39, 0.29) is 24.5 Å². The highest BCUT2D eigenvalue weighted by atomic mass is 16.3. The lowest BCUT2D eigenvalue weighted by molar-refractivity contribution is -0.135. The molecule has 5 amide bonds. The molecule has 0 aliphatic carbocycles. The molecule has 0 saturated carbocycles. The molecule has 0 unspecified atom stereocenters. The average molecular weight is 597 g/mol. The van der Waals surface area contributed by atoms with Gasteiger partial charge in [0.15, 0.2) is 0 Å². The first-order chi connectivity index (χ1) is 20.4. The van der Waals surface area contributed by atoms with Gasteiger partial charge in [0.2, 0.25) is 29.5 Å². The fourth-order valence-corrected chi connectivity index (χ4v) is 4.29. The molecule has 2 aromatic carbocycles. The molecular formula is C31H44N6O6. The zero-order chi connectivity index (χ0) is 31.9. The minimum absolute atomic E-state index is 0.0937. The number of hydrogen-bond acceptors (Lipinski definition) is 8. The Hall–Kier alpha value is -4.29. The summed E-state index contributed by atoms with van der Waals surface area (Å²) in [6.45, 7) is 7.36. The van der Waals surface area contributed by atoms with Crippen molar-refractivity contribution in [1.29, 1.82) is 0 Å². The first-order valence-electron chi connectivity index (χ1n) is 14.4. The molecule has 0 fully saturated rings. The van der Waals surface area contributed by atoms with Gasteiger partial charge in [0.05, 0.1) is 18.6 Å². The van der Waals surface area contributed by atoms with Crippen LogP contribution in [-0.2, 0) is 36.8 Å². The minimum atomic E-state index is -1.08. The number of phenols is 1. The van der Waals surface area contributed by atoms with Crippen molar-refractivity contribution in [1.82, 2.24) is 26.6 Å². The zero-order valence-corrected chi connectivity index (χ0v) is 25.2. The smallest absolute Gasteiger partial charge is 0.249 e. The number of likely N-dealkylation sites (N-methyl/N-ethyl adjacent to an activating group) is 1. The van der Waals surface area contributed by atoms with Gasteiger partial charge in [-0.1, -0.05) is 63.2 Å². The molecule has 0 saturated heterocycles. The maximum Gasteiger partial charge on any atom is 0.249 e. The molecule has 8 N–H and O–H groups in total. The van der Waals surface area contributed by atoms with Crippen LogP contribution in [0.5, 0.6) is 5.75 Å². The Bertz CT molecular complexity index is 1220. The van der Waals surface area contributed by atoms with Crippen LogP contribution in [0.2, 0.25) is 0 Å². The first-order valence-corrected chi connectivity index (χ1v) is 14.4. The number of aromatic hydroxyl groups is 1. The SMILES string of the molecule is CCN[C@H](CC(C)C)C(=O)NC(=O)[C@H](Cc1ccccc1)NC(=O)CNC(=O)[C@@H](C)NC(=O)[C@@H](N)Cc1ccc(O)cc1. The molecule has 2 rings (SSSR count). The van der Waals surface area contributed by atoms with Crippen molar-refractivity contribution in [2.45, 2.75) is 71.1 Å². The molecule has 12 heteroatoms. The second kappa shape index (κ2) is 17.6. The molecule has 0 radical (unpaired) electrons. The normalized spacial score (nSPS) is 13.7. The van der Waals surface area contributed by atoms with Gasteiger partial charge in [-0.2, -0.15) is 0 Å². The van der Waals surface area contributed by atoms with Crippen molar-refractivity contribution in [2.24, 2.45) is 11.7 Å². The van der Waals surface area contributed by atoms with Gasteiger partial charge in [0, 0.05) is 6.42 Å². The highest BCUT2D eigenvalue weighted by Gasteiger charge is 2.27. The van der Waals surface area contributed by atoms with E-state index >= 15 is 0 Å². The number of imide groups is 1. The largest absolute Gasteiger partial charge is 0.508 e. The summed E-state index contributed by atoms with van der Waals surface area (Å²) in [6.07, 6.45) is 0.856.